The number of ether oxygens (including phenoxy) is 1. The largest absolute Gasteiger partial charge is 0.381 e. The average molecular weight is 638 g/mol. The van der Waals surface area contributed by atoms with E-state index in [1.54, 1.807) is 6.20 Å². The molecule has 6 heterocycles. The molecule has 2 aromatic heterocycles. The second-order valence-electron chi connectivity index (χ2n) is 14.7. The van der Waals surface area contributed by atoms with Crippen LogP contribution in [-0.4, -0.2) is 102 Å². The van der Waals surface area contributed by atoms with E-state index in [4.69, 9.17) is 20.4 Å². The van der Waals surface area contributed by atoms with Crippen LogP contribution >= 0.6 is 0 Å². The molecule has 4 N–H and O–H groups in total. The first-order valence-corrected chi connectivity index (χ1v) is 17.4. The van der Waals surface area contributed by atoms with Crippen LogP contribution in [0.2, 0.25) is 0 Å². The molecule has 1 unspecified atom stereocenters. The Kier molecular flexibility index (Phi) is 8.01. The van der Waals surface area contributed by atoms with Crippen molar-refractivity contribution in [1.82, 2.24) is 24.8 Å². The summed E-state index contributed by atoms with van der Waals surface area (Å²) in [5.41, 5.74) is 9.89. The van der Waals surface area contributed by atoms with Crippen LogP contribution in [0.5, 0.6) is 0 Å². The molecule has 1 amide bonds. The number of rotatable bonds is 8. The minimum Gasteiger partial charge on any atom is -0.381 e. The van der Waals surface area contributed by atoms with E-state index in [0.29, 0.717) is 41.1 Å². The van der Waals surface area contributed by atoms with Gasteiger partial charge in [0.15, 0.2) is 17.3 Å². The van der Waals surface area contributed by atoms with Crippen LogP contribution in [0.3, 0.4) is 0 Å². The molecule has 4 aliphatic heterocycles. The highest BCUT2D eigenvalue weighted by molar-refractivity contribution is 5.97. The Balaban J connectivity index is 0.962. The fourth-order valence-electron chi connectivity index (χ4n) is 8.56. The molecule has 1 aromatic carbocycles. The van der Waals surface area contributed by atoms with Crippen molar-refractivity contribution in [3.05, 3.63) is 54.4 Å². The summed E-state index contributed by atoms with van der Waals surface area (Å²) in [5, 5.41) is 7.04. The molecule has 0 radical (unpaired) electrons. The Bertz CT molecular complexity index is 1570. The number of pyridine rings is 1. The van der Waals surface area contributed by atoms with Gasteiger partial charge in [-0.15, -0.1) is 0 Å². The van der Waals surface area contributed by atoms with Crippen molar-refractivity contribution >= 4 is 28.9 Å². The highest BCUT2D eigenvalue weighted by Crippen LogP contribution is 2.52. The van der Waals surface area contributed by atoms with Crippen molar-refractivity contribution in [1.29, 1.82) is 0 Å². The monoisotopic (exact) mass is 637 g/mol. The SMILES string of the molecule is CN1CC2(CCN(C3CCN(c4ccc(Nc5nc(NC6CCOCC67CC7)c(-c6ccccn6)nc5C(N)=O)cc4)CC3)CC2)C1. The van der Waals surface area contributed by atoms with Gasteiger partial charge >= 0.3 is 0 Å². The maximum absolute atomic E-state index is 12.7. The predicted octanol–water partition coefficient (Wildman–Crippen LogP) is 4.36. The summed E-state index contributed by atoms with van der Waals surface area (Å²) in [6.07, 6.45) is 9.98. The summed E-state index contributed by atoms with van der Waals surface area (Å²) in [6.45, 7) is 8.67. The van der Waals surface area contributed by atoms with Crippen molar-refractivity contribution in [2.45, 2.75) is 57.0 Å². The molecular formula is C36H47N9O2. The molecule has 1 aliphatic carbocycles. The average Bonchev–Trinajstić information content (AvgIpc) is 3.86. The van der Waals surface area contributed by atoms with Gasteiger partial charge < -0.3 is 35.8 Å². The fourth-order valence-corrected chi connectivity index (χ4v) is 8.56. The minimum absolute atomic E-state index is 0.0865. The molecule has 248 valence electrons. The lowest BCUT2D eigenvalue weighted by atomic mass is 9.72. The van der Waals surface area contributed by atoms with E-state index in [2.05, 4.69) is 49.5 Å². The van der Waals surface area contributed by atoms with Crippen molar-refractivity contribution in [2.75, 3.05) is 75.1 Å². The Morgan fingerprint density at radius 1 is 0.936 bits per heavy atom. The molecule has 1 atom stereocenters. The first kappa shape index (κ1) is 30.5. The third-order valence-electron chi connectivity index (χ3n) is 11.5. The number of likely N-dealkylation sites (tertiary alicyclic amines) is 2. The molecule has 47 heavy (non-hydrogen) atoms. The molecule has 1 saturated carbocycles. The summed E-state index contributed by atoms with van der Waals surface area (Å²) in [5.74, 6) is 0.289. The Morgan fingerprint density at radius 2 is 1.70 bits per heavy atom. The fraction of sp³-hybridized carbons (Fsp3) is 0.556. The summed E-state index contributed by atoms with van der Waals surface area (Å²) < 4.78 is 5.82. The van der Waals surface area contributed by atoms with Crippen molar-refractivity contribution in [2.24, 2.45) is 16.6 Å². The smallest absolute Gasteiger partial charge is 0.271 e. The van der Waals surface area contributed by atoms with E-state index < -0.39 is 5.91 Å². The van der Waals surface area contributed by atoms with Gasteiger partial charge in [-0.2, -0.15) is 0 Å². The Hall–Kier alpha value is -3.80. The maximum Gasteiger partial charge on any atom is 0.271 e. The number of nitrogens with two attached hydrogens (primary N) is 1. The summed E-state index contributed by atoms with van der Waals surface area (Å²) in [4.78, 5) is 34.6. The second kappa shape index (κ2) is 12.3. The zero-order chi connectivity index (χ0) is 32.0. The standard InChI is InChI=1S/C36H47N9O2/c1-43-22-35(23-43)14-19-45(20-15-35)27-9-17-44(18-10-27)26-7-5-25(6-8-26)39-34-31(32(37)46)41-30(28-4-2-3-16-38-28)33(42-34)40-29-11-21-47-24-36(29)12-13-36/h2-8,16,27,29H,9-15,17-24H2,1H3,(H2,37,46)(H2,39,40,42). The van der Waals surface area contributed by atoms with Gasteiger partial charge in [0.1, 0.15) is 5.69 Å². The number of piperidine rings is 2. The van der Waals surface area contributed by atoms with Crippen LogP contribution in [-0.2, 0) is 4.74 Å². The second-order valence-corrected chi connectivity index (χ2v) is 14.7. The highest BCUT2D eigenvalue weighted by Gasteiger charge is 2.51. The van der Waals surface area contributed by atoms with Gasteiger partial charge in [-0.05, 0) is 107 Å². The molecule has 4 saturated heterocycles. The molecule has 11 nitrogen and oxygen atoms in total. The number of carbonyl (C=O) groups is 1. The van der Waals surface area contributed by atoms with Crippen molar-refractivity contribution < 1.29 is 9.53 Å². The first-order chi connectivity index (χ1) is 22.9. The van der Waals surface area contributed by atoms with Crippen molar-refractivity contribution in [3.63, 3.8) is 0 Å². The van der Waals surface area contributed by atoms with E-state index in [9.17, 15) is 4.79 Å². The number of nitrogens with zero attached hydrogens (tertiary/aromatic N) is 6. The molecule has 2 spiro atoms. The Morgan fingerprint density at radius 3 is 2.36 bits per heavy atom. The van der Waals surface area contributed by atoms with Crippen LogP contribution in [0, 0.1) is 10.8 Å². The van der Waals surface area contributed by atoms with E-state index in [0.717, 1.165) is 44.6 Å². The number of nitrogens with one attached hydrogen (secondary N) is 2. The maximum atomic E-state index is 12.7. The van der Waals surface area contributed by atoms with Crippen LogP contribution < -0.4 is 21.3 Å². The Labute approximate surface area is 277 Å². The lowest BCUT2D eigenvalue weighted by Crippen LogP contribution is -2.60. The molecule has 5 aliphatic rings. The van der Waals surface area contributed by atoms with Gasteiger partial charge in [-0.3, -0.25) is 9.78 Å². The zero-order valence-electron chi connectivity index (χ0n) is 27.5. The van der Waals surface area contributed by atoms with Gasteiger partial charge in [0.05, 0.1) is 12.3 Å². The minimum atomic E-state index is -0.642. The van der Waals surface area contributed by atoms with Gasteiger partial charge in [0, 0.05) is 67.9 Å². The van der Waals surface area contributed by atoms with E-state index in [1.807, 2.05) is 30.3 Å². The predicted molar refractivity (Wildman–Crippen MR) is 184 cm³/mol. The molecule has 3 aromatic rings. The number of hydrogen-bond donors (Lipinski definition) is 3. The normalized spacial score (nSPS) is 24.2. The number of hydrogen-bond acceptors (Lipinski definition) is 10. The summed E-state index contributed by atoms with van der Waals surface area (Å²) in [7, 11) is 2.24. The lowest BCUT2D eigenvalue weighted by molar-refractivity contribution is -0.0419. The first-order valence-electron chi connectivity index (χ1n) is 17.4. The van der Waals surface area contributed by atoms with Gasteiger partial charge in [-0.1, -0.05) is 6.07 Å². The third kappa shape index (κ3) is 6.16. The number of amides is 1. The van der Waals surface area contributed by atoms with Crippen LogP contribution in [0.4, 0.5) is 23.0 Å². The quantitative estimate of drug-likeness (QED) is 0.328. The topological polar surface area (TPSA) is 125 Å². The van der Waals surface area contributed by atoms with E-state index >= 15 is 0 Å². The molecular weight excluding hydrogens is 590 g/mol. The number of carbonyl (C=O) groups excluding carboxylic acids is 1. The molecule has 11 heteroatoms. The van der Waals surface area contributed by atoms with Gasteiger partial charge in [0.25, 0.3) is 5.91 Å². The van der Waals surface area contributed by atoms with E-state index in [1.165, 1.54) is 57.5 Å². The van der Waals surface area contributed by atoms with Gasteiger partial charge in [-0.25, -0.2) is 9.97 Å². The molecule has 0 bridgehead atoms. The number of anilines is 4. The number of primary amides is 1. The van der Waals surface area contributed by atoms with Crippen molar-refractivity contribution in [3.8, 4) is 11.4 Å². The van der Waals surface area contributed by atoms with Gasteiger partial charge in [0.2, 0.25) is 0 Å². The summed E-state index contributed by atoms with van der Waals surface area (Å²) >= 11 is 0. The number of aromatic nitrogens is 3. The zero-order valence-corrected chi connectivity index (χ0v) is 27.5. The van der Waals surface area contributed by atoms with Crippen LogP contribution in [0.1, 0.15) is 55.4 Å². The van der Waals surface area contributed by atoms with E-state index in [-0.39, 0.29) is 17.2 Å². The van der Waals surface area contributed by atoms with Crippen LogP contribution in [0.25, 0.3) is 11.4 Å². The number of benzene rings is 1. The lowest BCUT2D eigenvalue weighted by Gasteiger charge is -2.54. The van der Waals surface area contributed by atoms with Crippen LogP contribution in [0.15, 0.2) is 48.7 Å². The molecule has 5 fully saturated rings. The summed E-state index contributed by atoms with van der Waals surface area (Å²) in [6, 6.07) is 14.9. The highest BCUT2D eigenvalue weighted by atomic mass is 16.5. The third-order valence-corrected chi connectivity index (χ3v) is 11.5. The molecule has 8 rings (SSSR count).